The minimum absolute atomic E-state index is 0.128. The lowest BCUT2D eigenvalue weighted by atomic mass is 10.2. The zero-order valence-electron chi connectivity index (χ0n) is 14.4. The van der Waals surface area contributed by atoms with Gasteiger partial charge in [-0.1, -0.05) is 0 Å². The van der Waals surface area contributed by atoms with Crippen molar-refractivity contribution in [2.75, 3.05) is 0 Å². The van der Waals surface area contributed by atoms with Gasteiger partial charge in [0.15, 0.2) is 0 Å². The molecule has 0 aromatic carbocycles. The van der Waals surface area contributed by atoms with Gasteiger partial charge in [0.1, 0.15) is 0 Å². The van der Waals surface area contributed by atoms with Crippen molar-refractivity contribution in [3.63, 3.8) is 0 Å². The van der Waals surface area contributed by atoms with E-state index in [4.69, 9.17) is 0 Å². The summed E-state index contributed by atoms with van der Waals surface area (Å²) < 4.78 is 11.9. The highest BCUT2D eigenvalue weighted by molar-refractivity contribution is 7.58. The molecule has 28 heavy (non-hydrogen) atoms. The van der Waals surface area contributed by atoms with Gasteiger partial charge in [0.05, 0.1) is 50.9 Å². The molecule has 8 bridgehead atoms. The van der Waals surface area contributed by atoms with E-state index in [-0.39, 0.29) is 11.0 Å². The molecule has 2 N–H and O–H groups in total. The lowest BCUT2D eigenvalue weighted by Gasteiger charge is -2.04. The predicted molar refractivity (Wildman–Crippen MR) is 110 cm³/mol. The first-order valence-corrected chi connectivity index (χ1v) is 10.1. The third-order valence-corrected chi connectivity index (χ3v) is 5.32. The molecule has 0 radical (unpaired) electrons. The third kappa shape index (κ3) is 3.23. The van der Waals surface area contributed by atoms with Crippen molar-refractivity contribution < 1.29 is 14.4 Å². The molecule has 5 rings (SSSR count). The number of aliphatic imine (C=N–C) groups is 4. The molecule has 0 aromatic heterocycles. The Kier molecular flexibility index (Phi) is 3.70. The van der Waals surface area contributed by atoms with Crippen LogP contribution in [0.5, 0.6) is 0 Å². The van der Waals surface area contributed by atoms with Gasteiger partial charge in [-0.15, -0.1) is 0 Å². The molecule has 5 aliphatic heterocycles. The molecule has 5 heterocycles. The van der Waals surface area contributed by atoms with Crippen molar-refractivity contribution in [2.45, 2.75) is 0 Å². The van der Waals surface area contributed by atoms with Gasteiger partial charge in [0, 0.05) is 0 Å². The summed E-state index contributed by atoms with van der Waals surface area (Å²) in [5.74, 6) is 0. The average molecular weight is 388 g/mol. The summed E-state index contributed by atoms with van der Waals surface area (Å²) >= 11 is 0. The molecule has 5 aliphatic rings. The van der Waals surface area contributed by atoms with E-state index in [1.54, 1.807) is 18.2 Å². The van der Waals surface area contributed by atoms with Gasteiger partial charge in [0.2, 0.25) is 0 Å². The van der Waals surface area contributed by atoms with Crippen LogP contribution in [0.3, 0.4) is 0 Å². The first-order valence-electron chi connectivity index (χ1n) is 8.46. The Morgan fingerprint density at radius 3 is 1.54 bits per heavy atom. The normalized spacial score (nSPS) is 22.1. The van der Waals surface area contributed by atoms with E-state index >= 15 is 0 Å². The number of hydrogen-bond acceptors (Lipinski definition) is 5. The van der Waals surface area contributed by atoms with E-state index in [2.05, 4.69) is 20.0 Å². The summed E-state index contributed by atoms with van der Waals surface area (Å²) in [6.07, 6.45) is 19.4. The maximum absolute atomic E-state index is 11.9. The highest BCUT2D eigenvalue weighted by Gasteiger charge is 2.29. The van der Waals surface area contributed by atoms with Crippen molar-refractivity contribution in [2.24, 2.45) is 20.0 Å². The number of allylic oxidation sites excluding steroid dienone is 12. The molecule has 0 amide bonds. The SMILES string of the molecule is O=P(O)(O)C1=CC2=CC3=NC(=CC4=NC(=CC5=NC(=CC1=N2)C=C5)C=C4)C=C3. The Hall–Kier alpha value is -3.25. The van der Waals surface area contributed by atoms with Gasteiger partial charge in [-0.2, -0.15) is 0 Å². The largest absolute Gasteiger partial charge is 0.358 e. The van der Waals surface area contributed by atoms with E-state index in [0.29, 0.717) is 22.8 Å². The van der Waals surface area contributed by atoms with Crippen LogP contribution in [0.15, 0.2) is 115 Å². The summed E-state index contributed by atoms with van der Waals surface area (Å²) in [7, 11) is -4.49. The van der Waals surface area contributed by atoms with Crippen molar-refractivity contribution in [1.29, 1.82) is 0 Å². The first kappa shape index (κ1) is 16.9. The molecule has 0 saturated carbocycles. The summed E-state index contributed by atoms with van der Waals surface area (Å²) in [5, 5.41) is -0.128. The van der Waals surface area contributed by atoms with E-state index in [0.717, 1.165) is 17.1 Å². The zero-order chi connectivity index (χ0) is 19.3. The van der Waals surface area contributed by atoms with Crippen LogP contribution in [0.25, 0.3) is 0 Å². The minimum atomic E-state index is -4.49. The Balaban J connectivity index is 1.68. The summed E-state index contributed by atoms with van der Waals surface area (Å²) in [6, 6.07) is 0. The van der Waals surface area contributed by atoms with Crippen LogP contribution in [-0.2, 0) is 4.57 Å². The van der Waals surface area contributed by atoms with Crippen LogP contribution in [0, 0.1) is 0 Å². The molecular formula is C20H13N4O3P. The summed E-state index contributed by atoms with van der Waals surface area (Å²) in [6.45, 7) is 0. The quantitative estimate of drug-likeness (QED) is 0.674. The Morgan fingerprint density at radius 1 is 0.571 bits per heavy atom. The van der Waals surface area contributed by atoms with E-state index in [9.17, 15) is 14.4 Å². The van der Waals surface area contributed by atoms with Crippen LogP contribution in [0.2, 0.25) is 0 Å². The highest BCUT2D eigenvalue weighted by Crippen LogP contribution is 2.48. The molecule has 0 aliphatic carbocycles. The van der Waals surface area contributed by atoms with Crippen molar-refractivity contribution in [3.8, 4) is 0 Å². The second-order valence-electron chi connectivity index (χ2n) is 6.46. The molecule has 0 aromatic rings. The van der Waals surface area contributed by atoms with E-state index in [1.807, 2.05) is 42.5 Å². The van der Waals surface area contributed by atoms with Crippen LogP contribution in [-0.4, -0.2) is 32.6 Å². The number of rotatable bonds is 1. The first-order chi connectivity index (χ1) is 13.4. The number of hydrogen-bond donors (Lipinski definition) is 2. The second kappa shape index (κ2) is 6.14. The van der Waals surface area contributed by atoms with Gasteiger partial charge in [-0.05, 0) is 66.8 Å². The minimum Gasteiger partial charge on any atom is -0.321 e. The van der Waals surface area contributed by atoms with Crippen LogP contribution < -0.4 is 0 Å². The Bertz CT molecular complexity index is 1240. The molecule has 0 spiro atoms. The maximum atomic E-state index is 11.9. The number of nitrogens with zero attached hydrogens (tertiary/aromatic N) is 4. The van der Waals surface area contributed by atoms with Crippen molar-refractivity contribution in [3.05, 3.63) is 94.9 Å². The topological polar surface area (TPSA) is 107 Å². The highest BCUT2D eigenvalue weighted by atomic mass is 31.2. The maximum Gasteiger partial charge on any atom is 0.358 e. The fraction of sp³-hybridized carbons (Fsp3) is 0. The van der Waals surface area contributed by atoms with Crippen LogP contribution in [0.1, 0.15) is 0 Å². The second-order valence-corrected chi connectivity index (χ2v) is 8.03. The predicted octanol–water partition coefficient (Wildman–Crippen LogP) is 3.08. The monoisotopic (exact) mass is 388 g/mol. The van der Waals surface area contributed by atoms with Crippen LogP contribution >= 0.6 is 7.60 Å². The number of fused-ring (bicyclic) bond motifs is 4. The molecular weight excluding hydrogens is 375 g/mol. The van der Waals surface area contributed by atoms with E-state index in [1.165, 1.54) is 6.08 Å². The molecule has 0 unspecified atom stereocenters. The van der Waals surface area contributed by atoms with Crippen LogP contribution in [0.4, 0.5) is 0 Å². The van der Waals surface area contributed by atoms with Gasteiger partial charge >= 0.3 is 7.60 Å². The molecule has 0 fully saturated rings. The third-order valence-electron chi connectivity index (χ3n) is 4.33. The van der Waals surface area contributed by atoms with Gasteiger partial charge in [-0.3, -0.25) is 4.57 Å². The fourth-order valence-corrected chi connectivity index (χ4v) is 3.83. The molecule has 0 atom stereocenters. The lowest BCUT2D eigenvalue weighted by Crippen LogP contribution is -1.97. The van der Waals surface area contributed by atoms with Gasteiger partial charge in [0.25, 0.3) is 0 Å². The summed E-state index contributed by atoms with van der Waals surface area (Å²) in [4.78, 5) is 37.3. The van der Waals surface area contributed by atoms with E-state index < -0.39 is 7.60 Å². The molecule has 136 valence electrons. The smallest absolute Gasteiger partial charge is 0.321 e. The Morgan fingerprint density at radius 2 is 1.04 bits per heavy atom. The van der Waals surface area contributed by atoms with Crippen molar-refractivity contribution in [1.82, 2.24) is 0 Å². The summed E-state index contributed by atoms with van der Waals surface area (Å²) in [5.41, 5.74) is 4.83. The molecule has 0 saturated heterocycles. The standard InChI is InChI=1S/C20H13N4O3P/c25-28(26,27)20-11-18-9-16-4-3-14(22-16)7-12-1-2-13(21-12)8-15-5-6-17(23-15)10-19(20)24-18/h1-11H,(H2,25,26,27). The molecule has 8 heteroatoms. The fourth-order valence-electron chi connectivity index (χ4n) is 3.12. The average Bonchev–Trinajstić information content (AvgIpc) is 3.38. The van der Waals surface area contributed by atoms with Gasteiger partial charge < -0.3 is 9.79 Å². The molecule has 7 nitrogen and oxygen atoms in total. The zero-order valence-corrected chi connectivity index (χ0v) is 15.3. The van der Waals surface area contributed by atoms with Gasteiger partial charge in [-0.25, -0.2) is 20.0 Å². The lowest BCUT2D eigenvalue weighted by molar-refractivity contribution is 0.384. The van der Waals surface area contributed by atoms with Crippen molar-refractivity contribution >= 4 is 30.4 Å². The Labute approximate surface area is 160 Å².